The average molecular weight is 407 g/mol. The molecule has 1 aromatic carbocycles. The van der Waals surface area contributed by atoms with E-state index in [0.29, 0.717) is 28.0 Å². The van der Waals surface area contributed by atoms with Crippen molar-refractivity contribution in [2.75, 3.05) is 12.3 Å². The summed E-state index contributed by atoms with van der Waals surface area (Å²) < 4.78 is 5.13. The third-order valence-corrected chi connectivity index (χ3v) is 4.90. The number of hydrogen-bond donors (Lipinski definition) is 2. The maximum absolute atomic E-state index is 10.7. The van der Waals surface area contributed by atoms with Crippen molar-refractivity contribution < 1.29 is 14.6 Å². The lowest BCUT2D eigenvalue weighted by Gasteiger charge is -2.11. The standard InChI is InChI=1S/C21H15ClN4O3/c1-10-13(5-12-3-4-17(16(22)6-12)29-9-18(27)28)19-11(2)15(8-24)21(25)26-20(19)14(10)7-23/h3-6H,9H2,1-2H3,(H2,25,26)(H,27,28)/b13-5+. The molecule has 144 valence electrons. The van der Waals surface area contributed by atoms with E-state index in [1.165, 1.54) is 0 Å². The molecule has 1 aliphatic rings. The molecule has 0 aliphatic heterocycles. The number of fused-ring (bicyclic) bond motifs is 1. The number of carboxylic acid groups (broad SMARTS) is 1. The summed E-state index contributed by atoms with van der Waals surface area (Å²) in [4.78, 5) is 14.9. The average Bonchev–Trinajstić information content (AvgIpc) is 2.92. The van der Waals surface area contributed by atoms with E-state index in [1.54, 1.807) is 32.0 Å². The zero-order valence-electron chi connectivity index (χ0n) is 15.6. The summed E-state index contributed by atoms with van der Waals surface area (Å²) in [7, 11) is 0. The number of aromatic nitrogens is 1. The Kier molecular flexibility index (Phi) is 5.27. The first kappa shape index (κ1) is 19.9. The zero-order valence-corrected chi connectivity index (χ0v) is 16.3. The number of nitriles is 2. The maximum Gasteiger partial charge on any atom is 0.341 e. The number of halogens is 1. The molecule has 3 rings (SSSR count). The van der Waals surface area contributed by atoms with E-state index in [1.807, 2.05) is 6.08 Å². The Hall–Kier alpha value is -3.81. The molecule has 1 aromatic heterocycles. The van der Waals surface area contributed by atoms with Gasteiger partial charge in [-0.15, -0.1) is 0 Å². The summed E-state index contributed by atoms with van der Waals surface area (Å²) in [5.41, 5.74) is 10.5. The van der Waals surface area contributed by atoms with Gasteiger partial charge in [-0.25, -0.2) is 9.78 Å². The highest BCUT2D eigenvalue weighted by atomic mass is 35.5. The van der Waals surface area contributed by atoms with Crippen LogP contribution in [0.4, 0.5) is 5.82 Å². The Morgan fingerprint density at radius 3 is 2.66 bits per heavy atom. The number of carboxylic acids is 1. The first-order valence-electron chi connectivity index (χ1n) is 8.46. The van der Waals surface area contributed by atoms with Crippen molar-refractivity contribution in [1.29, 1.82) is 10.5 Å². The van der Waals surface area contributed by atoms with Crippen LogP contribution in [-0.2, 0) is 4.79 Å². The second-order valence-corrected chi connectivity index (χ2v) is 6.78. The van der Waals surface area contributed by atoms with Crippen molar-refractivity contribution in [1.82, 2.24) is 4.98 Å². The summed E-state index contributed by atoms with van der Waals surface area (Å²) in [6, 6.07) is 9.15. The summed E-state index contributed by atoms with van der Waals surface area (Å²) in [6.07, 6.45) is 1.83. The van der Waals surface area contributed by atoms with Gasteiger partial charge in [-0.2, -0.15) is 10.5 Å². The molecule has 0 radical (unpaired) electrons. The molecular weight excluding hydrogens is 392 g/mol. The number of nitrogen functional groups attached to an aromatic ring is 1. The van der Waals surface area contributed by atoms with Crippen LogP contribution in [0.25, 0.3) is 17.2 Å². The molecule has 0 saturated carbocycles. The Balaban J connectivity index is 2.13. The van der Waals surface area contributed by atoms with Gasteiger partial charge in [-0.05, 0) is 54.3 Å². The predicted molar refractivity (Wildman–Crippen MR) is 109 cm³/mol. The molecule has 0 unspecified atom stereocenters. The number of pyridine rings is 1. The van der Waals surface area contributed by atoms with Gasteiger partial charge >= 0.3 is 5.97 Å². The van der Waals surface area contributed by atoms with Gasteiger partial charge in [0.15, 0.2) is 6.61 Å². The van der Waals surface area contributed by atoms with Crippen LogP contribution in [0.5, 0.6) is 5.75 Å². The molecule has 3 N–H and O–H groups in total. The van der Waals surface area contributed by atoms with Crippen LogP contribution in [0.1, 0.15) is 34.9 Å². The van der Waals surface area contributed by atoms with Gasteiger partial charge in [0.05, 0.1) is 21.9 Å². The zero-order chi connectivity index (χ0) is 21.3. The highest BCUT2D eigenvalue weighted by Gasteiger charge is 2.29. The fourth-order valence-electron chi connectivity index (χ4n) is 3.23. The topological polar surface area (TPSA) is 133 Å². The lowest BCUT2D eigenvalue weighted by molar-refractivity contribution is -0.139. The monoisotopic (exact) mass is 406 g/mol. The van der Waals surface area contributed by atoms with Crippen molar-refractivity contribution in [2.24, 2.45) is 0 Å². The number of hydrogen-bond acceptors (Lipinski definition) is 6. The Labute approximate surface area is 171 Å². The predicted octanol–water partition coefficient (Wildman–Crippen LogP) is 3.81. The fourth-order valence-corrected chi connectivity index (χ4v) is 3.47. The summed E-state index contributed by atoms with van der Waals surface area (Å²) >= 11 is 6.21. The quantitative estimate of drug-likeness (QED) is 0.788. The Morgan fingerprint density at radius 1 is 1.34 bits per heavy atom. The number of nitrogens with zero attached hydrogens (tertiary/aromatic N) is 3. The number of anilines is 1. The molecule has 0 fully saturated rings. The van der Waals surface area contributed by atoms with Gasteiger partial charge in [-0.1, -0.05) is 17.7 Å². The van der Waals surface area contributed by atoms with E-state index in [4.69, 9.17) is 27.2 Å². The second kappa shape index (κ2) is 7.67. The molecule has 0 atom stereocenters. The molecule has 1 aliphatic carbocycles. The minimum absolute atomic E-state index is 0.0912. The van der Waals surface area contributed by atoms with Crippen molar-refractivity contribution in [3.8, 4) is 17.9 Å². The van der Waals surface area contributed by atoms with Gasteiger partial charge in [-0.3, -0.25) is 0 Å². The largest absolute Gasteiger partial charge is 0.480 e. The number of benzene rings is 1. The van der Waals surface area contributed by atoms with Crippen LogP contribution in [0.2, 0.25) is 5.02 Å². The van der Waals surface area contributed by atoms with Gasteiger partial charge < -0.3 is 15.6 Å². The normalized spacial score (nSPS) is 13.8. The number of carbonyl (C=O) groups is 1. The summed E-state index contributed by atoms with van der Waals surface area (Å²) in [6.45, 7) is 3.08. The van der Waals surface area contributed by atoms with Crippen molar-refractivity contribution in [3.63, 3.8) is 0 Å². The van der Waals surface area contributed by atoms with E-state index in [9.17, 15) is 15.3 Å². The molecule has 0 spiro atoms. The maximum atomic E-state index is 10.7. The minimum atomic E-state index is -1.10. The molecule has 0 amide bonds. The molecule has 8 heteroatoms. The highest BCUT2D eigenvalue weighted by molar-refractivity contribution is 6.32. The summed E-state index contributed by atoms with van der Waals surface area (Å²) in [5, 5.41) is 28.0. The van der Waals surface area contributed by atoms with Crippen molar-refractivity contribution >= 4 is 40.6 Å². The van der Waals surface area contributed by atoms with E-state index in [-0.39, 0.29) is 22.2 Å². The van der Waals surface area contributed by atoms with E-state index in [0.717, 1.165) is 11.1 Å². The molecule has 29 heavy (non-hydrogen) atoms. The van der Waals surface area contributed by atoms with Crippen LogP contribution in [0.3, 0.4) is 0 Å². The molecule has 0 bridgehead atoms. The van der Waals surface area contributed by atoms with E-state index < -0.39 is 12.6 Å². The minimum Gasteiger partial charge on any atom is -0.480 e. The number of ether oxygens (including phenoxy) is 1. The van der Waals surface area contributed by atoms with Gasteiger partial charge in [0.25, 0.3) is 0 Å². The SMILES string of the molecule is CC1=C(C#N)c2nc(N)c(C#N)c(C)c2/C1=C/c1ccc(OCC(=O)O)c(Cl)c1. The third kappa shape index (κ3) is 3.52. The Morgan fingerprint density at radius 2 is 2.07 bits per heavy atom. The lowest BCUT2D eigenvalue weighted by atomic mass is 9.95. The first-order chi connectivity index (χ1) is 13.8. The van der Waals surface area contributed by atoms with E-state index >= 15 is 0 Å². The molecule has 0 saturated heterocycles. The number of aliphatic carboxylic acids is 1. The number of nitrogens with two attached hydrogens (primary N) is 1. The van der Waals surface area contributed by atoms with Crippen LogP contribution < -0.4 is 10.5 Å². The highest BCUT2D eigenvalue weighted by Crippen LogP contribution is 2.44. The fraction of sp³-hybridized carbons (Fsp3) is 0.143. The van der Waals surface area contributed by atoms with Crippen molar-refractivity contribution in [2.45, 2.75) is 13.8 Å². The lowest BCUT2D eigenvalue weighted by Crippen LogP contribution is -2.09. The molecule has 7 nitrogen and oxygen atoms in total. The van der Waals surface area contributed by atoms with Gasteiger partial charge in [0.1, 0.15) is 23.7 Å². The van der Waals surface area contributed by atoms with Gasteiger partial charge in [0, 0.05) is 5.56 Å². The Bertz CT molecular complexity index is 1200. The van der Waals surface area contributed by atoms with E-state index in [2.05, 4.69) is 17.1 Å². The van der Waals surface area contributed by atoms with Gasteiger partial charge in [0.2, 0.25) is 0 Å². The first-order valence-corrected chi connectivity index (χ1v) is 8.84. The van der Waals surface area contributed by atoms with Crippen LogP contribution >= 0.6 is 11.6 Å². The smallest absolute Gasteiger partial charge is 0.341 e. The second-order valence-electron chi connectivity index (χ2n) is 6.37. The molecule has 1 heterocycles. The molecule has 2 aromatic rings. The number of rotatable bonds is 4. The molecular formula is C21H15ClN4O3. The summed E-state index contributed by atoms with van der Waals surface area (Å²) in [5.74, 6) is -0.755. The van der Waals surface area contributed by atoms with Crippen molar-refractivity contribution in [3.05, 3.63) is 56.7 Å². The van der Waals surface area contributed by atoms with Crippen LogP contribution in [0.15, 0.2) is 23.8 Å². The third-order valence-electron chi connectivity index (χ3n) is 4.60. The van der Waals surface area contributed by atoms with Crippen LogP contribution in [0, 0.1) is 29.6 Å². The van der Waals surface area contributed by atoms with Crippen LogP contribution in [-0.4, -0.2) is 22.7 Å². The number of allylic oxidation sites excluding steroid dienone is 3.